The molecule has 0 radical (unpaired) electrons. The highest BCUT2D eigenvalue weighted by Gasteiger charge is 2.27. The third-order valence-corrected chi connectivity index (χ3v) is 5.18. The Kier molecular flexibility index (Phi) is 6.54. The highest BCUT2D eigenvalue weighted by molar-refractivity contribution is 7.89. The number of ether oxygens (including phenoxy) is 1. The third kappa shape index (κ3) is 3.86. The van der Waals surface area contributed by atoms with Gasteiger partial charge in [0.2, 0.25) is 10.0 Å². The molecular weight excluding hydrogens is 334 g/mol. The number of hydrogen-bond donors (Lipinski definition) is 1. The van der Waals surface area contributed by atoms with E-state index in [1.54, 1.807) is 0 Å². The van der Waals surface area contributed by atoms with Crippen molar-refractivity contribution in [2.24, 2.45) is 0 Å². The predicted molar refractivity (Wildman–Crippen MR) is 83.1 cm³/mol. The third-order valence-electron chi connectivity index (χ3n) is 3.28. The fourth-order valence-electron chi connectivity index (χ4n) is 2.18. The molecule has 1 N–H and O–H groups in total. The van der Waals surface area contributed by atoms with Crippen LogP contribution >= 0.6 is 12.4 Å². The van der Waals surface area contributed by atoms with Crippen molar-refractivity contribution < 1.29 is 18.1 Å². The van der Waals surface area contributed by atoms with Crippen LogP contribution in [-0.4, -0.2) is 50.9 Å². The van der Waals surface area contributed by atoms with E-state index in [9.17, 15) is 18.5 Å². The number of nitro groups is 1. The Hall–Kier alpha value is -1.42. The molecule has 1 aromatic rings. The number of halogens is 1. The normalized spacial score (nSPS) is 16.4. The summed E-state index contributed by atoms with van der Waals surface area (Å²) in [6, 6.07) is 3.60. The standard InChI is InChI=1S/C12H17N3O5S.ClH/c1-20-12-9-10(3-4-11(12)15(16)17)21(18,19)14-7-2-5-13-6-8-14;/h3-4,9,13H,2,5-8H2,1H3;1H. The maximum atomic E-state index is 12.6. The van der Waals surface area contributed by atoms with E-state index in [2.05, 4.69) is 5.32 Å². The summed E-state index contributed by atoms with van der Waals surface area (Å²) >= 11 is 0. The molecule has 0 saturated carbocycles. The van der Waals surface area contributed by atoms with Gasteiger partial charge in [-0.3, -0.25) is 10.1 Å². The molecule has 10 heteroatoms. The van der Waals surface area contributed by atoms with Crippen LogP contribution in [0.15, 0.2) is 23.1 Å². The van der Waals surface area contributed by atoms with Crippen molar-refractivity contribution in [1.29, 1.82) is 0 Å². The van der Waals surface area contributed by atoms with Gasteiger partial charge in [-0.25, -0.2) is 8.42 Å². The van der Waals surface area contributed by atoms with E-state index in [-0.39, 0.29) is 28.7 Å². The summed E-state index contributed by atoms with van der Waals surface area (Å²) in [4.78, 5) is 10.2. The van der Waals surface area contributed by atoms with Crippen LogP contribution in [0.3, 0.4) is 0 Å². The van der Waals surface area contributed by atoms with Crippen LogP contribution in [-0.2, 0) is 10.0 Å². The van der Waals surface area contributed by atoms with Crippen molar-refractivity contribution in [3.63, 3.8) is 0 Å². The van der Waals surface area contributed by atoms with Crippen LogP contribution in [0.2, 0.25) is 0 Å². The second kappa shape index (κ2) is 7.73. The Bertz CT molecular complexity index is 630. The van der Waals surface area contributed by atoms with Crippen molar-refractivity contribution in [2.75, 3.05) is 33.3 Å². The van der Waals surface area contributed by atoms with Gasteiger partial charge >= 0.3 is 5.69 Å². The van der Waals surface area contributed by atoms with E-state index in [0.717, 1.165) is 19.0 Å². The summed E-state index contributed by atoms with van der Waals surface area (Å²) in [5.74, 6) is -0.0611. The molecule has 2 rings (SSSR count). The van der Waals surface area contributed by atoms with Gasteiger partial charge in [-0.1, -0.05) is 0 Å². The molecule has 0 spiro atoms. The van der Waals surface area contributed by atoms with Crippen molar-refractivity contribution in [2.45, 2.75) is 11.3 Å². The van der Waals surface area contributed by atoms with Gasteiger partial charge in [-0.05, 0) is 19.0 Å². The minimum absolute atomic E-state index is 0. The summed E-state index contributed by atoms with van der Waals surface area (Å²) in [5.41, 5.74) is -0.256. The molecule has 1 fully saturated rings. The summed E-state index contributed by atoms with van der Waals surface area (Å²) in [7, 11) is -2.40. The molecule has 1 saturated heterocycles. The van der Waals surface area contributed by atoms with Crippen molar-refractivity contribution in [1.82, 2.24) is 9.62 Å². The number of nitro benzene ring substituents is 1. The van der Waals surface area contributed by atoms with Gasteiger partial charge in [0.1, 0.15) is 0 Å². The first-order chi connectivity index (χ1) is 9.96. The molecular formula is C12H18ClN3O5S. The van der Waals surface area contributed by atoms with Gasteiger partial charge in [0.15, 0.2) is 5.75 Å². The lowest BCUT2D eigenvalue weighted by molar-refractivity contribution is -0.385. The molecule has 0 aliphatic carbocycles. The zero-order chi connectivity index (χ0) is 15.5. The average molecular weight is 352 g/mol. The Morgan fingerprint density at radius 3 is 2.68 bits per heavy atom. The molecule has 1 aliphatic heterocycles. The molecule has 8 nitrogen and oxygen atoms in total. The second-order valence-electron chi connectivity index (χ2n) is 4.60. The molecule has 1 heterocycles. The van der Waals surface area contributed by atoms with E-state index in [0.29, 0.717) is 19.6 Å². The zero-order valence-corrected chi connectivity index (χ0v) is 13.7. The number of nitrogens with one attached hydrogen (secondary N) is 1. The monoisotopic (exact) mass is 351 g/mol. The van der Waals surface area contributed by atoms with Crippen LogP contribution in [0, 0.1) is 10.1 Å². The Labute approximate surface area is 135 Å². The zero-order valence-electron chi connectivity index (χ0n) is 12.0. The maximum absolute atomic E-state index is 12.6. The predicted octanol–water partition coefficient (Wildman–Crippen LogP) is 1.01. The Morgan fingerprint density at radius 2 is 2.05 bits per heavy atom. The fourth-order valence-corrected chi connectivity index (χ4v) is 3.67. The largest absolute Gasteiger partial charge is 0.490 e. The minimum Gasteiger partial charge on any atom is -0.490 e. The van der Waals surface area contributed by atoms with E-state index in [1.807, 2.05) is 0 Å². The lowest BCUT2D eigenvalue weighted by Gasteiger charge is -2.19. The smallest absolute Gasteiger partial charge is 0.310 e. The molecule has 1 aromatic carbocycles. The van der Waals surface area contributed by atoms with Gasteiger partial charge in [-0.2, -0.15) is 4.31 Å². The SMILES string of the molecule is COc1cc(S(=O)(=O)N2CCCNCC2)ccc1[N+](=O)[O-].Cl. The van der Waals surface area contributed by atoms with Crippen molar-refractivity contribution >= 4 is 28.1 Å². The first kappa shape index (κ1) is 18.6. The summed E-state index contributed by atoms with van der Waals surface area (Å²) in [5, 5.41) is 14.0. The quantitative estimate of drug-likeness (QED) is 0.641. The lowest BCUT2D eigenvalue weighted by atomic mass is 10.3. The molecule has 22 heavy (non-hydrogen) atoms. The topological polar surface area (TPSA) is 102 Å². The van der Waals surface area contributed by atoms with Crippen molar-refractivity contribution in [3.05, 3.63) is 28.3 Å². The minimum atomic E-state index is -3.67. The summed E-state index contributed by atoms with van der Waals surface area (Å²) < 4.78 is 31.4. The molecule has 1 aliphatic rings. The molecule has 0 amide bonds. The van der Waals surface area contributed by atoms with Crippen molar-refractivity contribution in [3.8, 4) is 5.75 Å². The first-order valence-corrected chi connectivity index (χ1v) is 7.94. The molecule has 0 unspecified atom stereocenters. The highest BCUT2D eigenvalue weighted by atomic mass is 35.5. The van der Waals surface area contributed by atoms with Crippen LogP contribution < -0.4 is 10.1 Å². The van der Waals surface area contributed by atoms with Gasteiger partial charge < -0.3 is 10.1 Å². The van der Waals surface area contributed by atoms with E-state index in [4.69, 9.17) is 4.74 Å². The van der Waals surface area contributed by atoms with Crippen LogP contribution in [0.5, 0.6) is 5.75 Å². The fraction of sp³-hybridized carbons (Fsp3) is 0.500. The molecule has 0 aromatic heterocycles. The van der Waals surface area contributed by atoms with Gasteiger partial charge in [0.05, 0.1) is 16.9 Å². The van der Waals surface area contributed by atoms with E-state index >= 15 is 0 Å². The summed E-state index contributed by atoms with van der Waals surface area (Å²) in [6.07, 6.45) is 0.726. The van der Waals surface area contributed by atoms with Gasteiger partial charge in [0.25, 0.3) is 0 Å². The number of rotatable bonds is 4. The van der Waals surface area contributed by atoms with E-state index < -0.39 is 14.9 Å². The number of methoxy groups -OCH3 is 1. The molecule has 0 atom stereocenters. The highest BCUT2D eigenvalue weighted by Crippen LogP contribution is 2.30. The lowest BCUT2D eigenvalue weighted by Crippen LogP contribution is -2.34. The number of nitrogens with zero attached hydrogens (tertiary/aromatic N) is 2. The first-order valence-electron chi connectivity index (χ1n) is 6.50. The van der Waals surface area contributed by atoms with Crippen LogP contribution in [0.25, 0.3) is 0 Å². The van der Waals surface area contributed by atoms with Gasteiger partial charge in [0, 0.05) is 31.8 Å². The second-order valence-corrected chi connectivity index (χ2v) is 6.54. The maximum Gasteiger partial charge on any atom is 0.310 e. The number of hydrogen-bond acceptors (Lipinski definition) is 6. The van der Waals surface area contributed by atoms with Crippen LogP contribution in [0.1, 0.15) is 6.42 Å². The Balaban J connectivity index is 0.00000242. The van der Waals surface area contributed by atoms with Crippen LogP contribution in [0.4, 0.5) is 5.69 Å². The summed E-state index contributed by atoms with van der Waals surface area (Å²) in [6.45, 7) is 2.16. The van der Waals surface area contributed by atoms with E-state index in [1.165, 1.54) is 23.5 Å². The molecule has 0 bridgehead atoms. The average Bonchev–Trinajstić information content (AvgIpc) is 2.75. The number of sulfonamides is 1. The molecule has 124 valence electrons. The van der Waals surface area contributed by atoms with Gasteiger partial charge in [-0.15, -0.1) is 12.4 Å². The number of benzene rings is 1. The Morgan fingerprint density at radius 1 is 1.32 bits per heavy atom.